The number of carbonyl (C=O) groups is 1. The van der Waals surface area contributed by atoms with Gasteiger partial charge in [-0.05, 0) is 42.5 Å². The predicted octanol–water partition coefficient (Wildman–Crippen LogP) is 5.90. The molecule has 1 heterocycles. The Morgan fingerprint density at radius 1 is 1.29 bits per heavy atom. The third kappa shape index (κ3) is 4.70. The number of halogens is 2. The standard InChI is InChI=1S/C21H24Cl2N2O3/c1-20(2,3)18(25-19(26)27)21(6-7-21)12-28-15-8-13(10-24-11-15)16-9-14(22)4-5-17(16)23/h4-5,8-11,18,25H,6-7,12H2,1-3H3,(H,26,27). The zero-order valence-electron chi connectivity index (χ0n) is 16.1. The average molecular weight is 423 g/mol. The van der Waals surface area contributed by atoms with Gasteiger partial charge in [0.1, 0.15) is 5.75 Å². The number of aromatic nitrogens is 1. The van der Waals surface area contributed by atoms with Crippen molar-refractivity contribution in [1.82, 2.24) is 10.3 Å². The molecule has 3 rings (SSSR count). The molecule has 1 aliphatic rings. The van der Waals surface area contributed by atoms with Crippen molar-refractivity contribution in [3.63, 3.8) is 0 Å². The minimum Gasteiger partial charge on any atom is -0.491 e. The van der Waals surface area contributed by atoms with Crippen molar-refractivity contribution in [2.24, 2.45) is 10.8 Å². The molecule has 0 spiro atoms. The van der Waals surface area contributed by atoms with Gasteiger partial charge < -0.3 is 15.2 Å². The fourth-order valence-electron chi connectivity index (χ4n) is 3.68. The van der Waals surface area contributed by atoms with Crippen LogP contribution in [0.3, 0.4) is 0 Å². The first kappa shape index (κ1) is 20.7. The summed E-state index contributed by atoms with van der Waals surface area (Å²) >= 11 is 12.4. The number of benzene rings is 1. The van der Waals surface area contributed by atoms with Gasteiger partial charge in [0.25, 0.3) is 0 Å². The van der Waals surface area contributed by atoms with Gasteiger partial charge in [-0.15, -0.1) is 0 Å². The van der Waals surface area contributed by atoms with E-state index in [-0.39, 0.29) is 16.9 Å². The van der Waals surface area contributed by atoms with Crippen molar-refractivity contribution in [1.29, 1.82) is 0 Å². The van der Waals surface area contributed by atoms with Crippen LogP contribution in [0.5, 0.6) is 5.75 Å². The Balaban J connectivity index is 1.78. The van der Waals surface area contributed by atoms with E-state index in [0.29, 0.717) is 22.4 Å². The smallest absolute Gasteiger partial charge is 0.404 e. The van der Waals surface area contributed by atoms with Crippen molar-refractivity contribution in [3.05, 3.63) is 46.7 Å². The molecule has 1 unspecified atom stereocenters. The first-order chi connectivity index (χ1) is 13.1. The Morgan fingerprint density at radius 3 is 2.61 bits per heavy atom. The molecular weight excluding hydrogens is 399 g/mol. The van der Waals surface area contributed by atoms with Gasteiger partial charge in [0.05, 0.1) is 12.8 Å². The second-order valence-corrected chi connectivity index (χ2v) is 9.28. The number of nitrogens with one attached hydrogen (secondary N) is 1. The number of rotatable bonds is 6. The van der Waals surface area contributed by atoms with Gasteiger partial charge in [-0.1, -0.05) is 44.0 Å². The summed E-state index contributed by atoms with van der Waals surface area (Å²) in [7, 11) is 0. The van der Waals surface area contributed by atoms with Gasteiger partial charge in [-0.25, -0.2) is 4.79 Å². The molecule has 2 N–H and O–H groups in total. The fourth-order valence-corrected chi connectivity index (χ4v) is 4.08. The largest absolute Gasteiger partial charge is 0.491 e. The van der Waals surface area contributed by atoms with E-state index in [2.05, 4.69) is 10.3 Å². The van der Waals surface area contributed by atoms with E-state index in [9.17, 15) is 9.90 Å². The highest BCUT2D eigenvalue weighted by atomic mass is 35.5. The molecule has 0 radical (unpaired) electrons. The van der Waals surface area contributed by atoms with E-state index in [0.717, 1.165) is 24.0 Å². The molecule has 7 heteroatoms. The minimum atomic E-state index is -1.01. The van der Waals surface area contributed by atoms with E-state index in [1.165, 1.54) is 0 Å². The van der Waals surface area contributed by atoms with Crippen LogP contribution in [0.2, 0.25) is 10.0 Å². The normalized spacial score (nSPS) is 16.3. The number of carboxylic acid groups (broad SMARTS) is 1. The molecule has 0 aliphatic heterocycles. The lowest BCUT2D eigenvalue weighted by atomic mass is 9.77. The summed E-state index contributed by atoms with van der Waals surface area (Å²) in [5.74, 6) is 0.614. The first-order valence-corrected chi connectivity index (χ1v) is 9.89. The van der Waals surface area contributed by atoms with Crippen LogP contribution in [0.15, 0.2) is 36.7 Å². The molecular formula is C21H24Cl2N2O3. The van der Waals surface area contributed by atoms with Crippen LogP contribution in [0.1, 0.15) is 33.6 Å². The van der Waals surface area contributed by atoms with E-state index in [1.54, 1.807) is 30.6 Å². The topological polar surface area (TPSA) is 71.5 Å². The third-order valence-electron chi connectivity index (χ3n) is 5.12. The number of hydrogen-bond donors (Lipinski definition) is 2. The van der Waals surface area contributed by atoms with Crippen LogP contribution < -0.4 is 10.1 Å². The van der Waals surface area contributed by atoms with Crippen molar-refractivity contribution < 1.29 is 14.6 Å². The molecule has 2 aromatic rings. The van der Waals surface area contributed by atoms with E-state index >= 15 is 0 Å². The monoisotopic (exact) mass is 422 g/mol. The molecule has 0 saturated heterocycles. The molecule has 1 aromatic carbocycles. The van der Waals surface area contributed by atoms with Gasteiger partial charge in [0.15, 0.2) is 0 Å². The Morgan fingerprint density at radius 2 is 2.00 bits per heavy atom. The second-order valence-electron chi connectivity index (χ2n) is 8.43. The van der Waals surface area contributed by atoms with Crippen LogP contribution in [-0.4, -0.2) is 28.8 Å². The highest BCUT2D eigenvalue weighted by molar-refractivity contribution is 6.35. The maximum Gasteiger partial charge on any atom is 0.404 e. The molecule has 1 aromatic heterocycles. The summed E-state index contributed by atoms with van der Waals surface area (Å²) in [5, 5.41) is 13.1. The maximum absolute atomic E-state index is 11.3. The summed E-state index contributed by atoms with van der Waals surface area (Å²) in [4.78, 5) is 15.5. The predicted molar refractivity (Wildman–Crippen MR) is 111 cm³/mol. The number of hydrogen-bond acceptors (Lipinski definition) is 3. The lowest BCUT2D eigenvalue weighted by Crippen LogP contribution is -2.51. The van der Waals surface area contributed by atoms with Crippen LogP contribution in [0, 0.1) is 10.8 Å². The van der Waals surface area contributed by atoms with Crippen LogP contribution in [-0.2, 0) is 0 Å². The quantitative estimate of drug-likeness (QED) is 0.607. The van der Waals surface area contributed by atoms with Crippen LogP contribution in [0.25, 0.3) is 11.1 Å². The highest BCUT2D eigenvalue weighted by Gasteiger charge is 2.54. The lowest BCUT2D eigenvalue weighted by Gasteiger charge is -2.37. The van der Waals surface area contributed by atoms with E-state index in [4.69, 9.17) is 27.9 Å². The molecule has 1 saturated carbocycles. The van der Waals surface area contributed by atoms with Crippen LogP contribution >= 0.6 is 23.2 Å². The SMILES string of the molecule is CC(C)(C)C(NC(=O)O)C1(COc2cncc(-c3cc(Cl)ccc3Cl)c2)CC1. The number of nitrogens with zero attached hydrogens (tertiary/aromatic N) is 1. The summed E-state index contributed by atoms with van der Waals surface area (Å²) in [5.41, 5.74) is 1.17. The molecule has 28 heavy (non-hydrogen) atoms. The average Bonchev–Trinajstić information content (AvgIpc) is 3.40. The Kier molecular flexibility index (Phi) is 5.78. The first-order valence-electron chi connectivity index (χ1n) is 9.13. The fraction of sp³-hybridized carbons (Fsp3) is 0.429. The lowest BCUT2D eigenvalue weighted by molar-refractivity contribution is 0.111. The van der Waals surface area contributed by atoms with Crippen LogP contribution in [0.4, 0.5) is 4.79 Å². The molecule has 150 valence electrons. The van der Waals surface area contributed by atoms with E-state index in [1.807, 2.05) is 26.8 Å². The summed E-state index contributed by atoms with van der Waals surface area (Å²) in [6.45, 7) is 6.54. The Bertz CT molecular complexity index is 876. The van der Waals surface area contributed by atoms with Gasteiger partial charge in [0.2, 0.25) is 0 Å². The van der Waals surface area contributed by atoms with Crippen molar-refractivity contribution >= 4 is 29.3 Å². The molecule has 0 bridgehead atoms. The van der Waals surface area contributed by atoms with Crippen molar-refractivity contribution in [2.45, 2.75) is 39.7 Å². The Labute approximate surface area is 175 Å². The molecule has 1 fully saturated rings. The summed E-state index contributed by atoms with van der Waals surface area (Å²) in [6, 6.07) is 6.95. The maximum atomic E-state index is 11.3. The molecule has 1 atom stereocenters. The number of amides is 1. The summed E-state index contributed by atoms with van der Waals surface area (Å²) in [6.07, 6.45) is 4.19. The van der Waals surface area contributed by atoms with Gasteiger partial charge in [0, 0.05) is 38.8 Å². The van der Waals surface area contributed by atoms with Gasteiger partial charge >= 0.3 is 6.09 Å². The Hall–Kier alpha value is -1.98. The highest BCUT2D eigenvalue weighted by Crippen LogP contribution is 2.53. The van der Waals surface area contributed by atoms with E-state index < -0.39 is 6.09 Å². The van der Waals surface area contributed by atoms with Crippen molar-refractivity contribution in [3.8, 4) is 16.9 Å². The third-order valence-corrected chi connectivity index (χ3v) is 5.68. The van der Waals surface area contributed by atoms with Crippen molar-refractivity contribution in [2.75, 3.05) is 6.61 Å². The molecule has 1 aliphatic carbocycles. The number of ether oxygens (including phenoxy) is 1. The molecule has 5 nitrogen and oxygen atoms in total. The minimum absolute atomic E-state index is 0.198. The zero-order chi connectivity index (χ0) is 20.5. The number of pyridine rings is 1. The summed E-state index contributed by atoms with van der Waals surface area (Å²) < 4.78 is 6.05. The molecule has 1 amide bonds. The second kappa shape index (κ2) is 7.80. The van der Waals surface area contributed by atoms with Gasteiger partial charge in [-0.2, -0.15) is 0 Å². The zero-order valence-corrected chi connectivity index (χ0v) is 17.6. The van der Waals surface area contributed by atoms with Gasteiger partial charge in [-0.3, -0.25) is 4.98 Å².